The van der Waals surface area contributed by atoms with Crippen LogP contribution in [0.3, 0.4) is 0 Å². The Morgan fingerprint density at radius 2 is 1.66 bits per heavy atom. The van der Waals surface area contributed by atoms with Gasteiger partial charge in [0.15, 0.2) is 0 Å². The molecule has 2 aromatic carbocycles. The number of benzene rings is 2. The summed E-state index contributed by atoms with van der Waals surface area (Å²) in [7, 11) is 1.35. The van der Waals surface area contributed by atoms with Gasteiger partial charge >= 0.3 is 11.9 Å². The first-order chi connectivity index (χ1) is 15.7. The van der Waals surface area contributed by atoms with Crippen molar-refractivity contribution in [3.05, 3.63) is 95.3 Å². The summed E-state index contributed by atoms with van der Waals surface area (Å²) in [5.74, 6) is -1.10. The van der Waals surface area contributed by atoms with E-state index in [0.717, 1.165) is 16.7 Å². The Labute approximate surface area is 187 Å². The van der Waals surface area contributed by atoms with Crippen molar-refractivity contribution in [1.82, 2.24) is 0 Å². The number of allylic oxidation sites excluding steroid dienone is 1. The fourth-order valence-electron chi connectivity index (χ4n) is 4.16. The topological polar surface area (TPSA) is 71.1 Å². The number of rotatable bonds is 8. The van der Waals surface area contributed by atoms with Gasteiger partial charge in [-0.3, -0.25) is 4.79 Å². The van der Waals surface area contributed by atoms with Crippen LogP contribution in [0.25, 0.3) is 0 Å². The van der Waals surface area contributed by atoms with E-state index in [1.165, 1.54) is 13.4 Å². The lowest BCUT2D eigenvalue weighted by molar-refractivity contribution is -0.163. The van der Waals surface area contributed by atoms with Crippen LogP contribution < -0.4 is 0 Å². The summed E-state index contributed by atoms with van der Waals surface area (Å²) in [6.45, 7) is 0.507. The van der Waals surface area contributed by atoms with Crippen LogP contribution in [0.2, 0.25) is 0 Å². The average molecular weight is 434 g/mol. The third-order valence-corrected chi connectivity index (χ3v) is 5.79. The Morgan fingerprint density at radius 1 is 0.969 bits per heavy atom. The third kappa shape index (κ3) is 5.08. The van der Waals surface area contributed by atoms with Crippen molar-refractivity contribution >= 4 is 11.9 Å². The van der Waals surface area contributed by atoms with Crippen molar-refractivity contribution in [2.75, 3.05) is 13.7 Å². The van der Waals surface area contributed by atoms with Gasteiger partial charge in [0.25, 0.3) is 0 Å². The minimum atomic E-state index is -0.588. The minimum absolute atomic E-state index is 0.135. The van der Waals surface area contributed by atoms with E-state index in [1.807, 2.05) is 66.7 Å². The van der Waals surface area contributed by atoms with Crippen molar-refractivity contribution < 1.29 is 28.5 Å². The van der Waals surface area contributed by atoms with Gasteiger partial charge < -0.3 is 18.9 Å². The van der Waals surface area contributed by atoms with Gasteiger partial charge in [0, 0.05) is 5.92 Å². The molecule has 0 saturated heterocycles. The highest BCUT2D eigenvalue weighted by Crippen LogP contribution is 2.44. The SMILES string of the molecule is COC(=O)C1=CO[C@@H](OCc2ccccc2)[C@@H]2C(COC(=O)Cc3ccccc3)=CC[C@H]12. The number of hydrogen-bond acceptors (Lipinski definition) is 6. The lowest BCUT2D eigenvalue weighted by Crippen LogP contribution is -2.37. The summed E-state index contributed by atoms with van der Waals surface area (Å²) in [4.78, 5) is 24.6. The van der Waals surface area contributed by atoms with Crippen LogP contribution in [0.1, 0.15) is 17.5 Å². The summed E-state index contributed by atoms with van der Waals surface area (Å²) >= 11 is 0. The van der Waals surface area contributed by atoms with E-state index in [4.69, 9.17) is 18.9 Å². The largest absolute Gasteiger partial charge is 0.471 e. The molecule has 0 aromatic heterocycles. The van der Waals surface area contributed by atoms with E-state index >= 15 is 0 Å². The molecule has 6 nitrogen and oxygen atoms in total. The van der Waals surface area contributed by atoms with E-state index < -0.39 is 12.3 Å². The van der Waals surface area contributed by atoms with Crippen LogP contribution >= 0.6 is 0 Å². The van der Waals surface area contributed by atoms with Gasteiger partial charge in [0.1, 0.15) is 6.61 Å². The highest BCUT2D eigenvalue weighted by Gasteiger charge is 2.45. The lowest BCUT2D eigenvalue weighted by atomic mass is 9.83. The normalized spacial score (nSPS) is 21.6. The minimum Gasteiger partial charge on any atom is -0.471 e. The molecular formula is C26H26O6. The zero-order valence-corrected chi connectivity index (χ0v) is 17.9. The molecule has 6 heteroatoms. The van der Waals surface area contributed by atoms with E-state index in [-0.39, 0.29) is 30.8 Å². The molecular weight excluding hydrogens is 408 g/mol. The molecule has 0 saturated carbocycles. The molecule has 0 radical (unpaired) electrons. The van der Waals surface area contributed by atoms with Gasteiger partial charge in [-0.15, -0.1) is 0 Å². The summed E-state index contributed by atoms with van der Waals surface area (Å²) in [6, 6.07) is 19.3. The molecule has 4 rings (SSSR count). The van der Waals surface area contributed by atoms with Gasteiger partial charge in [0.05, 0.1) is 37.9 Å². The van der Waals surface area contributed by atoms with Crippen LogP contribution in [0.5, 0.6) is 0 Å². The second-order valence-electron chi connectivity index (χ2n) is 7.84. The van der Waals surface area contributed by atoms with Crippen molar-refractivity contribution in [1.29, 1.82) is 0 Å². The predicted molar refractivity (Wildman–Crippen MR) is 117 cm³/mol. The Kier molecular flexibility index (Phi) is 7.02. The van der Waals surface area contributed by atoms with Gasteiger partial charge in [-0.25, -0.2) is 4.79 Å². The van der Waals surface area contributed by atoms with Gasteiger partial charge in [0.2, 0.25) is 6.29 Å². The highest BCUT2D eigenvalue weighted by atomic mass is 16.7. The lowest BCUT2D eigenvalue weighted by Gasteiger charge is -2.34. The Morgan fingerprint density at radius 3 is 2.34 bits per heavy atom. The summed E-state index contributed by atoms with van der Waals surface area (Å²) in [6.07, 6.45) is 3.71. The van der Waals surface area contributed by atoms with Crippen LogP contribution in [0, 0.1) is 11.8 Å². The van der Waals surface area contributed by atoms with Crippen LogP contribution in [-0.4, -0.2) is 31.9 Å². The third-order valence-electron chi connectivity index (χ3n) is 5.79. The zero-order valence-electron chi connectivity index (χ0n) is 17.9. The fraction of sp³-hybridized carbons (Fsp3) is 0.308. The van der Waals surface area contributed by atoms with Crippen LogP contribution in [-0.2, 0) is 41.6 Å². The molecule has 2 aromatic rings. The molecule has 32 heavy (non-hydrogen) atoms. The van der Waals surface area contributed by atoms with Crippen LogP contribution in [0.15, 0.2) is 84.1 Å². The van der Waals surface area contributed by atoms with Crippen molar-refractivity contribution in [2.45, 2.75) is 25.7 Å². The molecule has 2 aliphatic rings. The fourth-order valence-corrected chi connectivity index (χ4v) is 4.16. The van der Waals surface area contributed by atoms with E-state index in [2.05, 4.69) is 0 Å². The Balaban J connectivity index is 1.43. The van der Waals surface area contributed by atoms with Crippen molar-refractivity contribution in [3.8, 4) is 0 Å². The maximum Gasteiger partial charge on any atom is 0.337 e. The highest BCUT2D eigenvalue weighted by molar-refractivity contribution is 5.89. The monoisotopic (exact) mass is 434 g/mol. The van der Waals surface area contributed by atoms with Gasteiger partial charge in [-0.1, -0.05) is 66.7 Å². The van der Waals surface area contributed by atoms with Crippen molar-refractivity contribution in [3.63, 3.8) is 0 Å². The molecule has 0 fully saturated rings. The van der Waals surface area contributed by atoms with Crippen LogP contribution in [0.4, 0.5) is 0 Å². The molecule has 0 unspecified atom stereocenters. The van der Waals surface area contributed by atoms with Gasteiger partial charge in [-0.2, -0.15) is 0 Å². The van der Waals surface area contributed by atoms with E-state index in [1.54, 1.807) is 0 Å². The standard InChI is InChI=1S/C26H26O6/c1-29-25(28)22-17-32-26(31-15-19-10-6-3-7-11-19)24-20(12-13-21(22)24)16-30-23(27)14-18-8-4-2-5-9-18/h2-12,17,21,24,26H,13-16H2,1H3/t21-,24-,26-/m1/s1. The second kappa shape index (κ2) is 10.3. The Hall–Kier alpha value is -3.38. The molecule has 3 atom stereocenters. The summed E-state index contributed by atoms with van der Waals surface area (Å²) in [5.41, 5.74) is 3.29. The number of carbonyl (C=O) groups excluding carboxylic acids is 2. The number of fused-ring (bicyclic) bond motifs is 1. The average Bonchev–Trinajstić information content (AvgIpc) is 3.26. The number of ether oxygens (including phenoxy) is 4. The second-order valence-corrected chi connectivity index (χ2v) is 7.84. The number of hydrogen-bond donors (Lipinski definition) is 0. The quantitative estimate of drug-likeness (QED) is 0.463. The first-order valence-corrected chi connectivity index (χ1v) is 10.6. The number of esters is 2. The summed E-state index contributed by atoms with van der Waals surface area (Å²) in [5, 5.41) is 0. The molecule has 0 N–H and O–H groups in total. The molecule has 1 heterocycles. The first-order valence-electron chi connectivity index (χ1n) is 10.6. The maximum absolute atomic E-state index is 12.3. The smallest absolute Gasteiger partial charge is 0.337 e. The van der Waals surface area contributed by atoms with Gasteiger partial charge in [-0.05, 0) is 23.1 Å². The molecule has 166 valence electrons. The Bertz CT molecular complexity index is 995. The van der Waals surface area contributed by atoms with E-state index in [0.29, 0.717) is 18.6 Å². The number of carbonyl (C=O) groups is 2. The molecule has 0 spiro atoms. The molecule has 0 amide bonds. The van der Waals surface area contributed by atoms with E-state index in [9.17, 15) is 9.59 Å². The number of methoxy groups -OCH3 is 1. The zero-order chi connectivity index (χ0) is 22.3. The van der Waals surface area contributed by atoms with Crippen molar-refractivity contribution in [2.24, 2.45) is 11.8 Å². The molecule has 0 bridgehead atoms. The maximum atomic E-state index is 12.3. The molecule has 1 aliphatic heterocycles. The first kappa shape index (κ1) is 21.8. The molecule has 1 aliphatic carbocycles. The predicted octanol–water partition coefficient (Wildman–Crippen LogP) is 3.96. The summed E-state index contributed by atoms with van der Waals surface area (Å²) < 4.78 is 22.4.